The first-order valence-corrected chi connectivity index (χ1v) is 14.8. The molecule has 0 bridgehead atoms. The van der Waals surface area contributed by atoms with Crippen molar-refractivity contribution in [2.24, 2.45) is 4.99 Å². The first-order valence-electron chi connectivity index (χ1n) is 14.8. The van der Waals surface area contributed by atoms with Crippen LogP contribution >= 0.6 is 0 Å². The minimum Gasteiger partial charge on any atom is -0.362 e. The Bertz CT molecular complexity index is 609. The van der Waals surface area contributed by atoms with E-state index < -0.39 is 0 Å². The number of hydrogen-bond acceptors (Lipinski definition) is 2. The molecule has 1 aliphatic heterocycles. The predicted molar refractivity (Wildman–Crippen MR) is 149 cm³/mol. The standard InChI is InChI=1S/C31H54N2/c1-3-5-7-9-11-13-14-15-16-18-20-24-29-28-32-30-25-21-22-26-31(30)33(29)27-23-19-17-12-10-8-6-4-2/h21-22,25-26,28-29H,3-20,23-24,27H2,1-2H3. The lowest BCUT2D eigenvalue weighted by Gasteiger charge is -2.35. The van der Waals surface area contributed by atoms with E-state index in [1.54, 1.807) is 0 Å². The van der Waals surface area contributed by atoms with Crippen molar-refractivity contribution in [3.63, 3.8) is 0 Å². The highest BCUT2D eigenvalue weighted by Crippen LogP contribution is 2.34. The van der Waals surface area contributed by atoms with Crippen molar-refractivity contribution in [2.45, 2.75) is 148 Å². The fourth-order valence-electron chi connectivity index (χ4n) is 5.19. The Kier molecular flexibility index (Phi) is 16.1. The SMILES string of the molecule is CCCCCCCCCCCCCC1C=Nc2ccccc2N1CCCCCCCCCC. The van der Waals surface area contributed by atoms with Gasteiger partial charge in [-0.25, -0.2) is 0 Å². The highest BCUT2D eigenvalue weighted by atomic mass is 15.2. The molecule has 0 spiro atoms. The second-order valence-corrected chi connectivity index (χ2v) is 10.3. The van der Waals surface area contributed by atoms with E-state index in [0.29, 0.717) is 6.04 Å². The molecule has 2 nitrogen and oxygen atoms in total. The van der Waals surface area contributed by atoms with Gasteiger partial charge in [0.05, 0.1) is 17.4 Å². The molecular weight excluding hydrogens is 400 g/mol. The average molecular weight is 455 g/mol. The molecule has 0 saturated carbocycles. The number of benzene rings is 1. The minimum absolute atomic E-state index is 0.489. The number of unbranched alkanes of at least 4 members (excludes halogenated alkanes) is 17. The van der Waals surface area contributed by atoms with Crippen LogP contribution in [0.2, 0.25) is 0 Å². The van der Waals surface area contributed by atoms with Gasteiger partial charge in [-0.1, -0.05) is 142 Å². The lowest BCUT2D eigenvalue weighted by Crippen LogP contribution is -2.39. The Balaban J connectivity index is 1.63. The summed E-state index contributed by atoms with van der Waals surface area (Å²) in [7, 11) is 0. The molecule has 2 rings (SSSR count). The number of hydrogen-bond donors (Lipinski definition) is 0. The third-order valence-corrected chi connectivity index (χ3v) is 7.33. The molecule has 0 aliphatic carbocycles. The highest BCUT2D eigenvalue weighted by Gasteiger charge is 2.22. The molecule has 2 heteroatoms. The Morgan fingerprint density at radius 1 is 0.606 bits per heavy atom. The number of fused-ring (bicyclic) bond motifs is 1. The molecule has 0 amide bonds. The van der Waals surface area contributed by atoms with Crippen molar-refractivity contribution in [1.82, 2.24) is 0 Å². The first kappa shape index (κ1) is 27.9. The van der Waals surface area contributed by atoms with Gasteiger partial charge in [-0.2, -0.15) is 0 Å². The van der Waals surface area contributed by atoms with Crippen molar-refractivity contribution in [1.29, 1.82) is 0 Å². The van der Waals surface area contributed by atoms with Crippen LogP contribution in [0.1, 0.15) is 142 Å². The van der Waals surface area contributed by atoms with E-state index in [2.05, 4.69) is 49.2 Å². The van der Waals surface area contributed by atoms with Crippen LogP contribution in [-0.2, 0) is 0 Å². The maximum Gasteiger partial charge on any atom is 0.0860 e. The summed E-state index contributed by atoms with van der Waals surface area (Å²) in [5, 5.41) is 0. The van der Waals surface area contributed by atoms with Crippen molar-refractivity contribution in [3.8, 4) is 0 Å². The number of rotatable bonds is 21. The number of para-hydroxylation sites is 2. The zero-order valence-corrected chi connectivity index (χ0v) is 22.2. The third-order valence-electron chi connectivity index (χ3n) is 7.33. The smallest absolute Gasteiger partial charge is 0.0860 e. The number of anilines is 1. The van der Waals surface area contributed by atoms with Crippen LogP contribution in [0.4, 0.5) is 11.4 Å². The topological polar surface area (TPSA) is 15.6 Å². The fraction of sp³-hybridized carbons (Fsp3) is 0.774. The first-order chi connectivity index (χ1) is 16.4. The van der Waals surface area contributed by atoms with Gasteiger partial charge in [-0.15, -0.1) is 0 Å². The van der Waals surface area contributed by atoms with Crippen molar-refractivity contribution < 1.29 is 0 Å². The lowest BCUT2D eigenvalue weighted by molar-refractivity contribution is 0.527. The molecule has 0 aromatic heterocycles. The van der Waals surface area contributed by atoms with Crippen LogP contribution in [0.3, 0.4) is 0 Å². The van der Waals surface area contributed by atoms with Crippen LogP contribution < -0.4 is 4.90 Å². The van der Waals surface area contributed by atoms with Gasteiger partial charge in [0, 0.05) is 12.8 Å². The molecule has 188 valence electrons. The summed E-state index contributed by atoms with van der Waals surface area (Å²) in [6.07, 6.45) is 30.2. The molecule has 0 fully saturated rings. The Morgan fingerprint density at radius 3 is 1.67 bits per heavy atom. The van der Waals surface area contributed by atoms with Crippen molar-refractivity contribution >= 4 is 17.6 Å². The molecule has 1 aliphatic rings. The summed E-state index contributed by atoms with van der Waals surface area (Å²) in [5.41, 5.74) is 2.52. The third kappa shape index (κ3) is 12.1. The molecule has 1 aromatic carbocycles. The summed E-state index contributed by atoms with van der Waals surface area (Å²) in [5.74, 6) is 0. The van der Waals surface area contributed by atoms with Gasteiger partial charge < -0.3 is 4.90 Å². The summed E-state index contributed by atoms with van der Waals surface area (Å²) in [4.78, 5) is 7.48. The molecule has 1 aromatic rings. The molecule has 33 heavy (non-hydrogen) atoms. The summed E-state index contributed by atoms with van der Waals surface area (Å²) < 4.78 is 0. The Hall–Kier alpha value is -1.31. The Labute approximate surface area is 206 Å². The zero-order chi connectivity index (χ0) is 23.4. The molecule has 1 atom stereocenters. The van der Waals surface area contributed by atoms with Crippen molar-refractivity contribution in [2.75, 3.05) is 11.4 Å². The lowest BCUT2D eigenvalue weighted by atomic mass is 10.0. The minimum atomic E-state index is 0.489. The van der Waals surface area contributed by atoms with Gasteiger partial charge in [0.1, 0.15) is 0 Å². The van der Waals surface area contributed by atoms with Gasteiger partial charge in [0.2, 0.25) is 0 Å². The summed E-state index contributed by atoms with van der Waals surface area (Å²) >= 11 is 0. The highest BCUT2D eigenvalue weighted by molar-refractivity contribution is 5.84. The molecule has 1 heterocycles. The van der Waals surface area contributed by atoms with E-state index in [-0.39, 0.29) is 0 Å². The molecule has 0 radical (unpaired) electrons. The molecule has 0 saturated heterocycles. The predicted octanol–water partition coefficient (Wildman–Crippen LogP) is 10.4. The van der Waals surface area contributed by atoms with E-state index in [4.69, 9.17) is 4.99 Å². The quantitative estimate of drug-likeness (QED) is 0.169. The van der Waals surface area contributed by atoms with Gasteiger partial charge in [-0.05, 0) is 25.0 Å². The van der Waals surface area contributed by atoms with E-state index in [0.717, 1.165) is 5.69 Å². The van der Waals surface area contributed by atoms with Crippen LogP contribution in [0, 0.1) is 0 Å². The monoisotopic (exact) mass is 454 g/mol. The van der Waals surface area contributed by atoms with Gasteiger partial charge in [0.15, 0.2) is 0 Å². The largest absolute Gasteiger partial charge is 0.362 e. The van der Waals surface area contributed by atoms with E-state index in [1.165, 1.54) is 141 Å². The normalized spacial score (nSPS) is 15.2. The molecular formula is C31H54N2. The summed E-state index contributed by atoms with van der Waals surface area (Å²) in [6.45, 7) is 5.78. The summed E-state index contributed by atoms with van der Waals surface area (Å²) in [6, 6.07) is 9.24. The maximum absolute atomic E-state index is 4.81. The van der Waals surface area contributed by atoms with Crippen LogP contribution in [0.15, 0.2) is 29.3 Å². The van der Waals surface area contributed by atoms with Gasteiger partial charge in [0.25, 0.3) is 0 Å². The molecule has 1 unspecified atom stereocenters. The van der Waals surface area contributed by atoms with E-state index in [9.17, 15) is 0 Å². The van der Waals surface area contributed by atoms with Crippen molar-refractivity contribution in [3.05, 3.63) is 24.3 Å². The van der Waals surface area contributed by atoms with Gasteiger partial charge in [-0.3, -0.25) is 4.99 Å². The van der Waals surface area contributed by atoms with Crippen LogP contribution in [0.25, 0.3) is 0 Å². The average Bonchev–Trinajstić information content (AvgIpc) is 2.84. The van der Waals surface area contributed by atoms with E-state index >= 15 is 0 Å². The van der Waals surface area contributed by atoms with Gasteiger partial charge >= 0.3 is 0 Å². The van der Waals surface area contributed by atoms with Crippen LogP contribution in [-0.4, -0.2) is 18.8 Å². The molecule has 0 N–H and O–H groups in total. The zero-order valence-electron chi connectivity index (χ0n) is 22.2. The Morgan fingerprint density at radius 2 is 1.09 bits per heavy atom. The van der Waals surface area contributed by atoms with E-state index in [1.807, 2.05) is 0 Å². The fourth-order valence-corrected chi connectivity index (χ4v) is 5.19. The number of nitrogens with zero attached hydrogens (tertiary/aromatic N) is 2. The maximum atomic E-state index is 4.81. The number of aliphatic imine (C=N–C) groups is 1. The second-order valence-electron chi connectivity index (χ2n) is 10.3. The second kappa shape index (κ2) is 19.0. The van der Waals surface area contributed by atoms with Crippen LogP contribution in [0.5, 0.6) is 0 Å².